The van der Waals surface area contributed by atoms with Crippen LogP contribution in [0.25, 0.3) is 11.1 Å². The normalized spacial score (nSPS) is 12.1. The van der Waals surface area contributed by atoms with E-state index in [1.54, 1.807) is 6.92 Å². The van der Waals surface area contributed by atoms with Gasteiger partial charge in [0, 0.05) is 5.56 Å². The summed E-state index contributed by atoms with van der Waals surface area (Å²) in [4.78, 5) is 0. The summed E-state index contributed by atoms with van der Waals surface area (Å²) in [5.41, 5.74) is 2.17. The highest BCUT2D eigenvalue weighted by Gasteiger charge is 2.06. The molecule has 0 saturated carbocycles. The fraction of sp³-hybridized carbons (Fsp3) is 0.200. The van der Waals surface area contributed by atoms with E-state index in [4.69, 9.17) is 4.74 Å². The van der Waals surface area contributed by atoms with Gasteiger partial charge in [0.05, 0.1) is 6.10 Å². The molecular formula is C15H16O2. The van der Waals surface area contributed by atoms with Crippen LogP contribution in [0, 0.1) is 0 Å². The summed E-state index contributed by atoms with van der Waals surface area (Å²) < 4.78 is 5.60. The minimum absolute atomic E-state index is 0.309. The first kappa shape index (κ1) is 11.7. The van der Waals surface area contributed by atoms with Crippen LogP contribution >= 0.6 is 0 Å². The molecule has 2 aromatic rings. The third-order valence-corrected chi connectivity index (χ3v) is 2.45. The van der Waals surface area contributed by atoms with Gasteiger partial charge in [-0.05, 0) is 18.6 Å². The van der Waals surface area contributed by atoms with Crippen LogP contribution in [0.4, 0.5) is 0 Å². The molecule has 2 nitrogen and oxygen atoms in total. The molecule has 0 aliphatic rings. The minimum atomic E-state index is -0.459. The summed E-state index contributed by atoms with van der Waals surface area (Å²) in [5, 5.41) is 9.25. The highest BCUT2D eigenvalue weighted by Crippen LogP contribution is 2.29. The Morgan fingerprint density at radius 1 is 1.00 bits per heavy atom. The van der Waals surface area contributed by atoms with E-state index in [-0.39, 0.29) is 0 Å². The maximum Gasteiger partial charge on any atom is 0.127 e. The Morgan fingerprint density at radius 2 is 1.65 bits per heavy atom. The standard InChI is InChI=1S/C15H16O2/c1-12(16)11-17-15-10-6-5-9-14(15)13-7-3-2-4-8-13/h2-10,12,16H,11H2,1H3/t12-/m0/s1. The summed E-state index contributed by atoms with van der Waals surface area (Å²) in [6.07, 6.45) is -0.459. The zero-order valence-electron chi connectivity index (χ0n) is 9.84. The molecule has 0 saturated heterocycles. The molecule has 0 aliphatic carbocycles. The lowest BCUT2D eigenvalue weighted by molar-refractivity contribution is 0.123. The summed E-state index contributed by atoms with van der Waals surface area (Å²) >= 11 is 0. The van der Waals surface area contributed by atoms with Crippen molar-refractivity contribution in [3.05, 3.63) is 54.6 Å². The Balaban J connectivity index is 2.28. The summed E-state index contributed by atoms with van der Waals surface area (Å²) in [6.45, 7) is 2.02. The average Bonchev–Trinajstić information content (AvgIpc) is 2.38. The van der Waals surface area contributed by atoms with Crippen molar-refractivity contribution in [2.45, 2.75) is 13.0 Å². The van der Waals surface area contributed by atoms with E-state index in [9.17, 15) is 5.11 Å². The maximum absolute atomic E-state index is 9.25. The molecule has 1 N–H and O–H groups in total. The molecule has 0 amide bonds. The third kappa shape index (κ3) is 3.08. The molecule has 1 atom stereocenters. The van der Waals surface area contributed by atoms with Gasteiger partial charge in [-0.2, -0.15) is 0 Å². The quantitative estimate of drug-likeness (QED) is 0.871. The van der Waals surface area contributed by atoms with E-state index < -0.39 is 6.10 Å². The van der Waals surface area contributed by atoms with Crippen LogP contribution in [0.3, 0.4) is 0 Å². The van der Waals surface area contributed by atoms with Crippen molar-refractivity contribution in [2.75, 3.05) is 6.61 Å². The molecule has 0 heterocycles. The van der Waals surface area contributed by atoms with Gasteiger partial charge in [-0.1, -0.05) is 48.5 Å². The summed E-state index contributed by atoms with van der Waals surface area (Å²) in [6, 6.07) is 17.9. The van der Waals surface area contributed by atoms with Crippen LogP contribution in [0.2, 0.25) is 0 Å². The lowest BCUT2D eigenvalue weighted by Crippen LogP contribution is -2.13. The molecule has 2 aromatic carbocycles. The Labute approximate surface area is 101 Å². The Bertz CT molecular complexity index is 463. The van der Waals surface area contributed by atoms with Crippen LogP contribution in [0.15, 0.2) is 54.6 Å². The highest BCUT2D eigenvalue weighted by atomic mass is 16.5. The van der Waals surface area contributed by atoms with E-state index in [2.05, 4.69) is 0 Å². The zero-order chi connectivity index (χ0) is 12.1. The molecule has 17 heavy (non-hydrogen) atoms. The molecule has 0 aliphatic heterocycles. The predicted molar refractivity (Wildman–Crippen MR) is 69.1 cm³/mol. The zero-order valence-corrected chi connectivity index (χ0v) is 9.84. The predicted octanol–water partition coefficient (Wildman–Crippen LogP) is 3.11. The van der Waals surface area contributed by atoms with Gasteiger partial charge in [0.15, 0.2) is 0 Å². The summed E-state index contributed by atoms with van der Waals surface area (Å²) in [7, 11) is 0. The molecule has 0 bridgehead atoms. The van der Waals surface area contributed by atoms with Gasteiger partial charge in [-0.3, -0.25) is 0 Å². The van der Waals surface area contributed by atoms with Crippen LogP contribution < -0.4 is 4.74 Å². The SMILES string of the molecule is C[C@H](O)COc1ccccc1-c1ccccc1. The van der Waals surface area contributed by atoms with Gasteiger partial charge in [0.25, 0.3) is 0 Å². The second-order valence-electron chi connectivity index (χ2n) is 4.02. The van der Waals surface area contributed by atoms with E-state index in [0.717, 1.165) is 16.9 Å². The monoisotopic (exact) mass is 228 g/mol. The van der Waals surface area contributed by atoms with Crippen molar-refractivity contribution in [3.8, 4) is 16.9 Å². The van der Waals surface area contributed by atoms with Crippen molar-refractivity contribution in [2.24, 2.45) is 0 Å². The van der Waals surface area contributed by atoms with Crippen LogP contribution in [-0.2, 0) is 0 Å². The topological polar surface area (TPSA) is 29.5 Å². The van der Waals surface area contributed by atoms with Gasteiger partial charge in [-0.25, -0.2) is 0 Å². The number of rotatable bonds is 4. The van der Waals surface area contributed by atoms with Gasteiger partial charge in [-0.15, -0.1) is 0 Å². The maximum atomic E-state index is 9.25. The number of ether oxygens (including phenoxy) is 1. The van der Waals surface area contributed by atoms with E-state index in [0.29, 0.717) is 6.61 Å². The van der Waals surface area contributed by atoms with Crippen molar-refractivity contribution >= 4 is 0 Å². The molecule has 0 fully saturated rings. The number of hydrogen-bond acceptors (Lipinski definition) is 2. The second kappa shape index (κ2) is 5.51. The van der Waals surface area contributed by atoms with Gasteiger partial charge in [0.2, 0.25) is 0 Å². The van der Waals surface area contributed by atoms with Gasteiger partial charge >= 0.3 is 0 Å². The number of hydrogen-bond donors (Lipinski definition) is 1. The molecular weight excluding hydrogens is 212 g/mol. The number of aliphatic hydroxyl groups is 1. The fourth-order valence-electron chi connectivity index (χ4n) is 1.66. The van der Waals surface area contributed by atoms with E-state index in [1.165, 1.54) is 0 Å². The summed E-state index contributed by atoms with van der Waals surface area (Å²) in [5.74, 6) is 0.805. The second-order valence-corrected chi connectivity index (χ2v) is 4.02. The molecule has 2 rings (SSSR count). The first-order chi connectivity index (χ1) is 8.27. The number of benzene rings is 2. The van der Waals surface area contributed by atoms with Crippen molar-refractivity contribution in [1.29, 1.82) is 0 Å². The van der Waals surface area contributed by atoms with Crippen LogP contribution in [0.1, 0.15) is 6.92 Å². The largest absolute Gasteiger partial charge is 0.490 e. The van der Waals surface area contributed by atoms with Crippen molar-refractivity contribution in [1.82, 2.24) is 0 Å². The van der Waals surface area contributed by atoms with Gasteiger partial charge < -0.3 is 9.84 Å². The first-order valence-electron chi connectivity index (χ1n) is 5.72. The molecule has 0 aromatic heterocycles. The molecule has 0 spiro atoms. The lowest BCUT2D eigenvalue weighted by atomic mass is 10.1. The smallest absolute Gasteiger partial charge is 0.127 e. The molecule has 0 radical (unpaired) electrons. The minimum Gasteiger partial charge on any atom is -0.490 e. The Kier molecular flexibility index (Phi) is 3.78. The average molecular weight is 228 g/mol. The Hall–Kier alpha value is -1.80. The Morgan fingerprint density at radius 3 is 2.35 bits per heavy atom. The van der Waals surface area contributed by atoms with Crippen LogP contribution in [-0.4, -0.2) is 17.8 Å². The fourth-order valence-corrected chi connectivity index (χ4v) is 1.66. The van der Waals surface area contributed by atoms with Crippen molar-refractivity contribution in [3.63, 3.8) is 0 Å². The first-order valence-corrected chi connectivity index (χ1v) is 5.72. The highest BCUT2D eigenvalue weighted by molar-refractivity contribution is 5.70. The molecule has 2 heteroatoms. The van der Waals surface area contributed by atoms with E-state index in [1.807, 2.05) is 54.6 Å². The van der Waals surface area contributed by atoms with Crippen LogP contribution in [0.5, 0.6) is 5.75 Å². The molecule has 0 unspecified atom stereocenters. The number of aliphatic hydroxyl groups excluding tert-OH is 1. The van der Waals surface area contributed by atoms with Gasteiger partial charge in [0.1, 0.15) is 12.4 Å². The molecule has 88 valence electrons. The van der Waals surface area contributed by atoms with Crippen molar-refractivity contribution < 1.29 is 9.84 Å². The van der Waals surface area contributed by atoms with E-state index >= 15 is 0 Å². The lowest BCUT2D eigenvalue weighted by Gasteiger charge is -2.12. The number of para-hydroxylation sites is 1. The third-order valence-electron chi connectivity index (χ3n) is 2.45.